The molecule has 0 saturated heterocycles. The number of para-hydroxylation sites is 4. The number of benzene rings is 3. The number of amides is 1. The summed E-state index contributed by atoms with van der Waals surface area (Å²) in [7, 11) is 1.63. The molecule has 0 aliphatic heterocycles. The molecule has 0 saturated carbocycles. The first-order valence-corrected chi connectivity index (χ1v) is 11.3. The van der Waals surface area contributed by atoms with Crippen LogP contribution >= 0.6 is 11.6 Å². The number of carbonyl (C=O) groups excluding carboxylic acids is 1. The fourth-order valence-electron chi connectivity index (χ4n) is 3.70. The number of hydrogen-bond acceptors (Lipinski definition) is 4. The Labute approximate surface area is 198 Å². The molecule has 0 fully saturated rings. The minimum Gasteiger partial charge on any atom is -0.493 e. The first kappa shape index (κ1) is 22.7. The van der Waals surface area contributed by atoms with Crippen LogP contribution in [0, 0.1) is 0 Å². The normalized spacial score (nSPS) is 10.8. The summed E-state index contributed by atoms with van der Waals surface area (Å²) >= 11 is 5.89. The second-order valence-corrected chi connectivity index (χ2v) is 7.97. The number of ether oxygens (including phenoxy) is 2. The summed E-state index contributed by atoms with van der Waals surface area (Å²) < 4.78 is 13.5. The van der Waals surface area contributed by atoms with E-state index in [4.69, 9.17) is 26.1 Å². The molecule has 170 valence electrons. The van der Waals surface area contributed by atoms with Crippen LogP contribution in [0.3, 0.4) is 0 Å². The Morgan fingerprint density at radius 3 is 2.52 bits per heavy atom. The van der Waals surface area contributed by atoms with E-state index in [9.17, 15) is 4.79 Å². The van der Waals surface area contributed by atoms with Crippen LogP contribution in [0.5, 0.6) is 11.5 Å². The summed E-state index contributed by atoms with van der Waals surface area (Å²) in [5.41, 5.74) is 2.62. The Hall–Kier alpha value is -3.51. The molecule has 33 heavy (non-hydrogen) atoms. The number of carbonyl (C=O) groups is 1. The Balaban J connectivity index is 1.37. The highest BCUT2D eigenvalue weighted by Gasteiger charge is 2.12. The number of aromatic nitrogens is 2. The Morgan fingerprint density at radius 1 is 1.00 bits per heavy atom. The molecule has 0 radical (unpaired) electrons. The predicted octanol–water partition coefficient (Wildman–Crippen LogP) is 5.14. The molecule has 1 heterocycles. The molecule has 0 bridgehead atoms. The Bertz CT molecular complexity index is 1220. The summed E-state index contributed by atoms with van der Waals surface area (Å²) in [6, 6.07) is 22.6. The zero-order chi connectivity index (χ0) is 23.0. The zero-order valence-electron chi connectivity index (χ0n) is 18.5. The molecule has 0 spiro atoms. The van der Waals surface area contributed by atoms with Gasteiger partial charge >= 0.3 is 0 Å². The summed E-state index contributed by atoms with van der Waals surface area (Å²) in [5, 5.41) is 3.57. The lowest BCUT2D eigenvalue weighted by atomic mass is 10.2. The van der Waals surface area contributed by atoms with Crippen molar-refractivity contribution in [3.8, 4) is 11.5 Å². The lowest BCUT2D eigenvalue weighted by Gasteiger charge is -2.13. The standard InChI is InChI=1S/C26H26ClN3O3/c1-32-23-9-4-5-10-24(23)33-18-17-30-22-8-3-2-7-21(22)29-25(30)11-6-16-28-26(31)19-12-14-20(27)15-13-19/h2-5,7-10,12-15H,6,11,16-18H2,1H3,(H,28,31). The van der Waals surface area contributed by atoms with Crippen molar-refractivity contribution < 1.29 is 14.3 Å². The molecule has 6 nitrogen and oxygen atoms in total. The third kappa shape index (κ3) is 5.65. The average Bonchev–Trinajstić information content (AvgIpc) is 3.20. The van der Waals surface area contributed by atoms with Crippen molar-refractivity contribution in [3.63, 3.8) is 0 Å². The van der Waals surface area contributed by atoms with Crippen molar-refractivity contribution in [2.75, 3.05) is 20.3 Å². The highest BCUT2D eigenvalue weighted by molar-refractivity contribution is 6.30. The van der Waals surface area contributed by atoms with Crippen LogP contribution in [0.4, 0.5) is 0 Å². The van der Waals surface area contributed by atoms with Gasteiger partial charge in [-0.25, -0.2) is 4.98 Å². The average molecular weight is 464 g/mol. The number of hydrogen-bond donors (Lipinski definition) is 1. The number of nitrogens with zero attached hydrogens (tertiary/aromatic N) is 2. The number of rotatable bonds is 10. The minimum absolute atomic E-state index is 0.106. The van der Waals surface area contributed by atoms with Gasteiger partial charge in [0.1, 0.15) is 12.4 Å². The van der Waals surface area contributed by atoms with Crippen LogP contribution < -0.4 is 14.8 Å². The maximum Gasteiger partial charge on any atom is 0.251 e. The number of fused-ring (bicyclic) bond motifs is 1. The Kier molecular flexibility index (Phi) is 7.47. The molecule has 1 aromatic heterocycles. The van der Waals surface area contributed by atoms with E-state index < -0.39 is 0 Å². The molecule has 4 aromatic rings. The van der Waals surface area contributed by atoms with Gasteiger partial charge in [-0.1, -0.05) is 35.9 Å². The molecule has 1 amide bonds. The maximum atomic E-state index is 12.3. The molecular weight excluding hydrogens is 438 g/mol. The minimum atomic E-state index is -0.106. The number of halogens is 1. The van der Waals surface area contributed by atoms with Gasteiger partial charge in [0.15, 0.2) is 11.5 Å². The van der Waals surface area contributed by atoms with E-state index in [0.29, 0.717) is 36.0 Å². The molecule has 4 rings (SSSR count). The van der Waals surface area contributed by atoms with Crippen molar-refractivity contribution in [2.45, 2.75) is 19.4 Å². The number of imidazole rings is 1. The van der Waals surface area contributed by atoms with Gasteiger partial charge in [-0.15, -0.1) is 0 Å². The molecular formula is C26H26ClN3O3. The Morgan fingerprint density at radius 2 is 1.73 bits per heavy atom. The predicted molar refractivity (Wildman–Crippen MR) is 130 cm³/mol. The van der Waals surface area contributed by atoms with E-state index >= 15 is 0 Å². The molecule has 0 atom stereocenters. The highest BCUT2D eigenvalue weighted by Crippen LogP contribution is 2.26. The molecule has 0 aliphatic rings. The van der Waals surface area contributed by atoms with E-state index in [-0.39, 0.29) is 5.91 Å². The van der Waals surface area contributed by atoms with E-state index in [0.717, 1.165) is 35.4 Å². The third-order valence-corrected chi connectivity index (χ3v) is 5.60. The molecule has 3 aromatic carbocycles. The van der Waals surface area contributed by atoms with E-state index in [1.54, 1.807) is 31.4 Å². The number of nitrogens with one attached hydrogen (secondary N) is 1. The van der Waals surface area contributed by atoms with Gasteiger partial charge in [0.05, 0.1) is 24.7 Å². The highest BCUT2D eigenvalue weighted by atomic mass is 35.5. The number of aryl methyl sites for hydroxylation is 1. The third-order valence-electron chi connectivity index (χ3n) is 5.34. The van der Waals surface area contributed by atoms with Gasteiger partial charge in [0.2, 0.25) is 0 Å². The monoisotopic (exact) mass is 463 g/mol. The maximum absolute atomic E-state index is 12.3. The topological polar surface area (TPSA) is 65.4 Å². The van der Waals surface area contributed by atoms with Crippen LogP contribution in [0.1, 0.15) is 22.6 Å². The largest absolute Gasteiger partial charge is 0.493 e. The van der Waals surface area contributed by atoms with Crippen molar-refractivity contribution >= 4 is 28.5 Å². The van der Waals surface area contributed by atoms with Gasteiger partial charge in [-0.05, 0) is 55.0 Å². The smallest absolute Gasteiger partial charge is 0.251 e. The van der Waals surface area contributed by atoms with Crippen molar-refractivity contribution in [1.29, 1.82) is 0 Å². The van der Waals surface area contributed by atoms with E-state index in [2.05, 4.69) is 16.0 Å². The number of methoxy groups -OCH3 is 1. The molecule has 0 unspecified atom stereocenters. The summed E-state index contributed by atoms with van der Waals surface area (Å²) in [6.07, 6.45) is 1.51. The van der Waals surface area contributed by atoms with Gasteiger partial charge in [0, 0.05) is 23.6 Å². The van der Waals surface area contributed by atoms with Crippen LogP contribution in [0.25, 0.3) is 11.0 Å². The fraction of sp³-hybridized carbons (Fsp3) is 0.231. The second kappa shape index (κ2) is 10.9. The lowest BCUT2D eigenvalue weighted by Crippen LogP contribution is -2.25. The molecule has 7 heteroatoms. The first-order valence-electron chi connectivity index (χ1n) is 10.9. The van der Waals surface area contributed by atoms with Crippen LogP contribution in [-0.2, 0) is 13.0 Å². The quantitative estimate of drug-likeness (QED) is 0.331. The summed E-state index contributed by atoms with van der Waals surface area (Å²) in [5.74, 6) is 2.30. The summed E-state index contributed by atoms with van der Waals surface area (Å²) in [6.45, 7) is 1.70. The fourth-order valence-corrected chi connectivity index (χ4v) is 3.83. The second-order valence-electron chi connectivity index (χ2n) is 7.53. The van der Waals surface area contributed by atoms with Gasteiger partial charge in [0.25, 0.3) is 5.91 Å². The van der Waals surface area contributed by atoms with Crippen molar-refractivity contribution in [3.05, 3.63) is 89.2 Å². The van der Waals surface area contributed by atoms with Crippen molar-refractivity contribution in [1.82, 2.24) is 14.9 Å². The van der Waals surface area contributed by atoms with Gasteiger partial charge in [-0.3, -0.25) is 4.79 Å². The van der Waals surface area contributed by atoms with Gasteiger partial charge < -0.3 is 19.4 Å². The molecule has 1 N–H and O–H groups in total. The van der Waals surface area contributed by atoms with Crippen LogP contribution in [0.2, 0.25) is 5.02 Å². The lowest BCUT2D eigenvalue weighted by molar-refractivity contribution is 0.0953. The van der Waals surface area contributed by atoms with E-state index in [1.165, 1.54) is 0 Å². The van der Waals surface area contributed by atoms with Crippen LogP contribution in [-0.4, -0.2) is 35.7 Å². The van der Waals surface area contributed by atoms with Crippen LogP contribution in [0.15, 0.2) is 72.8 Å². The zero-order valence-corrected chi connectivity index (χ0v) is 19.2. The van der Waals surface area contributed by atoms with E-state index in [1.807, 2.05) is 42.5 Å². The summed E-state index contributed by atoms with van der Waals surface area (Å²) in [4.78, 5) is 17.1. The first-order chi connectivity index (χ1) is 16.2. The SMILES string of the molecule is COc1ccccc1OCCn1c(CCCNC(=O)c2ccc(Cl)cc2)nc2ccccc21. The van der Waals surface area contributed by atoms with Crippen molar-refractivity contribution in [2.24, 2.45) is 0 Å². The molecule has 0 aliphatic carbocycles. The van der Waals surface area contributed by atoms with Gasteiger partial charge in [-0.2, -0.15) is 0 Å².